The van der Waals surface area contributed by atoms with Gasteiger partial charge < -0.3 is 9.84 Å². The molecule has 92 valence electrons. The molecular formula is C12H14BrNO3. The number of hydrogen-bond acceptors (Lipinski definition) is 3. The van der Waals surface area contributed by atoms with Gasteiger partial charge in [-0.1, -0.05) is 15.9 Å². The number of carbonyl (C=O) groups is 1. The van der Waals surface area contributed by atoms with Crippen LogP contribution < -0.4 is 10.1 Å². The van der Waals surface area contributed by atoms with E-state index < -0.39 is 12.0 Å². The zero-order valence-corrected chi connectivity index (χ0v) is 11.0. The van der Waals surface area contributed by atoms with Crippen LogP contribution in [0.5, 0.6) is 5.75 Å². The Morgan fingerprint density at radius 3 is 3.12 bits per heavy atom. The molecule has 0 fully saturated rings. The van der Waals surface area contributed by atoms with Crippen LogP contribution in [-0.2, 0) is 4.79 Å². The van der Waals surface area contributed by atoms with Crippen LogP contribution in [0, 0.1) is 0 Å². The van der Waals surface area contributed by atoms with Gasteiger partial charge in [0.25, 0.3) is 0 Å². The zero-order valence-electron chi connectivity index (χ0n) is 9.44. The highest BCUT2D eigenvalue weighted by atomic mass is 79.9. The average molecular weight is 300 g/mol. The molecule has 0 bridgehead atoms. The van der Waals surface area contributed by atoms with Gasteiger partial charge in [-0.05, 0) is 25.1 Å². The molecule has 1 aliphatic heterocycles. The molecule has 0 saturated heterocycles. The number of aliphatic carboxylic acids is 1. The van der Waals surface area contributed by atoms with Crippen molar-refractivity contribution in [3.63, 3.8) is 0 Å². The second-order valence-electron chi connectivity index (χ2n) is 4.10. The number of carboxylic acids is 1. The second kappa shape index (κ2) is 5.06. The van der Waals surface area contributed by atoms with Crippen molar-refractivity contribution in [2.24, 2.45) is 0 Å². The fourth-order valence-electron chi connectivity index (χ4n) is 1.91. The predicted octanol–water partition coefficient (Wildman–Crippen LogP) is 2.34. The summed E-state index contributed by atoms with van der Waals surface area (Å²) in [5.74, 6) is -0.0115. The van der Waals surface area contributed by atoms with Gasteiger partial charge >= 0.3 is 5.97 Å². The van der Waals surface area contributed by atoms with E-state index in [1.54, 1.807) is 6.92 Å². The summed E-state index contributed by atoms with van der Waals surface area (Å²) < 4.78 is 6.51. The standard InChI is InChI=1S/C12H14BrNO3/c1-7(12(15)16)14-10-4-5-17-11-3-2-8(13)6-9(10)11/h2-3,6-7,10,14H,4-5H2,1H3,(H,15,16). The van der Waals surface area contributed by atoms with E-state index in [0.29, 0.717) is 6.61 Å². The summed E-state index contributed by atoms with van der Waals surface area (Å²) in [6.45, 7) is 2.26. The topological polar surface area (TPSA) is 58.6 Å². The zero-order chi connectivity index (χ0) is 12.4. The number of carboxylic acid groups (broad SMARTS) is 1. The minimum atomic E-state index is -0.840. The Hall–Kier alpha value is -1.07. The molecule has 2 unspecified atom stereocenters. The Morgan fingerprint density at radius 2 is 2.41 bits per heavy atom. The summed E-state index contributed by atoms with van der Waals surface area (Å²) in [6, 6.07) is 5.26. The monoisotopic (exact) mass is 299 g/mol. The molecule has 17 heavy (non-hydrogen) atoms. The Kier molecular flexibility index (Phi) is 3.69. The number of halogens is 1. The lowest BCUT2D eigenvalue weighted by atomic mass is 10.00. The molecule has 0 aromatic heterocycles. The molecule has 4 nitrogen and oxygen atoms in total. The first-order valence-corrected chi connectivity index (χ1v) is 6.28. The van der Waals surface area contributed by atoms with Crippen molar-refractivity contribution in [3.05, 3.63) is 28.2 Å². The van der Waals surface area contributed by atoms with Crippen LogP contribution in [0.4, 0.5) is 0 Å². The fraction of sp³-hybridized carbons (Fsp3) is 0.417. The molecule has 0 aliphatic carbocycles. The van der Waals surface area contributed by atoms with E-state index in [2.05, 4.69) is 21.2 Å². The smallest absolute Gasteiger partial charge is 0.320 e. The Bertz CT molecular complexity index is 436. The predicted molar refractivity (Wildman–Crippen MR) is 67.2 cm³/mol. The van der Waals surface area contributed by atoms with E-state index >= 15 is 0 Å². The maximum absolute atomic E-state index is 10.8. The molecular weight excluding hydrogens is 286 g/mol. The highest BCUT2D eigenvalue weighted by molar-refractivity contribution is 9.10. The van der Waals surface area contributed by atoms with Crippen molar-refractivity contribution in [1.82, 2.24) is 5.32 Å². The van der Waals surface area contributed by atoms with Crippen LogP contribution in [0.25, 0.3) is 0 Å². The van der Waals surface area contributed by atoms with Gasteiger partial charge in [0.15, 0.2) is 0 Å². The van der Waals surface area contributed by atoms with E-state index in [0.717, 1.165) is 22.2 Å². The van der Waals surface area contributed by atoms with Gasteiger partial charge in [0, 0.05) is 22.5 Å². The molecule has 5 heteroatoms. The third-order valence-corrected chi connectivity index (χ3v) is 3.33. The van der Waals surface area contributed by atoms with Gasteiger partial charge in [0.05, 0.1) is 6.61 Å². The maximum Gasteiger partial charge on any atom is 0.320 e. The normalized spacial score (nSPS) is 20.2. The number of ether oxygens (including phenoxy) is 1. The highest BCUT2D eigenvalue weighted by Gasteiger charge is 2.24. The Labute approximate surface area is 108 Å². The average Bonchev–Trinajstić information content (AvgIpc) is 2.29. The molecule has 1 heterocycles. The maximum atomic E-state index is 10.8. The van der Waals surface area contributed by atoms with Crippen molar-refractivity contribution < 1.29 is 14.6 Å². The van der Waals surface area contributed by atoms with Crippen LogP contribution in [0.3, 0.4) is 0 Å². The highest BCUT2D eigenvalue weighted by Crippen LogP contribution is 2.34. The van der Waals surface area contributed by atoms with E-state index in [9.17, 15) is 4.79 Å². The lowest BCUT2D eigenvalue weighted by molar-refractivity contribution is -0.139. The Balaban J connectivity index is 2.22. The molecule has 1 aromatic carbocycles. The number of hydrogen-bond donors (Lipinski definition) is 2. The van der Waals surface area contributed by atoms with Crippen LogP contribution in [0.1, 0.15) is 24.9 Å². The third kappa shape index (κ3) is 2.79. The Morgan fingerprint density at radius 1 is 1.65 bits per heavy atom. The van der Waals surface area contributed by atoms with Gasteiger partial charge in [-0.3, -0.25) is 10.1 Å². The van der Waals surface area contributed by atoms with Gasteiger partial charge in [0.2, 0.25) is 0 Å². The van der Waals surface area contributed by atoms with Crippen molar-refractivity contribution in [2.45, 2.75) is 25.4 Å². The lowest BCUT2D eigenvalue weighted by Gasteiger charge is -2.28. The lowest BCUT2D eigenvalue weighted by Crippen LogP contribution is -2.38. The van der Waals surface area contributed by atoms with E-state index in [4.69, 9.17) is 9.84 Å². The van der Waals surface area contributed by atoms with Crippen LogP contribution >= 0.6 is 15.9 Å². The minimum Gasteiger partial charge on any atom is -0.493 e. The van der Waals surface area contributed by atoms with Gasteiger partial charge in [-0.15, -0.1) is 0 Å². The summed E-state index contributed by atoms with van der Waals surface area (Å²) in [4.78, 5) is 10.8. The van der Waals surface area contributed by atoms with Crippen LogP contribution in [0.15, 0.2) is 22.7 Å². The molecule has 0 saturated carbocycles. The summed E-state index contributed by atoms with van der Waals surface area (Å²) in [5.41, 5.74) is 1.01. The molecule has 1 aliphatic rings. The van der Waals surface area contributed by atoms with Crippen LogP contribution in [0.2, 0.25) is 0 Å². The molecule has 2 atom stereocenters. The molecule has 0 radical (unpaired) electrons. The fourth-order valence-corrected chi connectivity index (χ4v) is 2.29. The summed E-state index contributed by atoms with van der Waals surface area (Å²) in [5, 5.41) is 12.0. The van der Waals surface area contributed by atoms with E-state index in [1.807, 2.05) is 18.2 Å². The quantitative estimate of drug-likeness (QED) is 0.899. The second-order valence-corrected chi connectivity index (χ2v) is 5.01. The van der Waals surface area contributed by atoms with Crippen molar-refractivity contribution in [2.75, 3.05) is 6.61 Å². The summed E-state index contributed by atoms with van der Waals surface area (Å²) in [7, 11) is 0. The van der Waals surface area contributed by atoms with Crippen molar-refractivity contribution in [1.29, 1.82) is 0 Å². The molecule has 2 N–H and O–H groups in total. The molecule has 0 amide bonds. The first-order chi connectivity index (χ1) is 8.08. The van der Waals surface area contributed by atoms with Crippen LogP contribution in [-0.4, -0.2) is 23.7 Å². The SMILES string of the molecule is CC(NC1CCOc2ccc(Br)cc21)C(=O)O. The minimum absolute atomic E-state index is 0.0300. The van der Waals surface area contributed by atoms with Gasteiger partial charge in [0.1, 0.15) is 11.8 Å². The van der Waals surface area contributed by atoms with E-state index in [1.165, 1.54) is 0 Å². The van der Waals surface area contributed by atoms with Crippen molar-refractivity contribution in [3.8, 4) is 5.75 Å². The van der Waals surface area contributed by atoms with Gasteiger partial charge in [-0.2, -0.15) is 0 Å². The third-order valence-electron chi connectivity index (χ3n) is 2.83. The van der Waals surface area contributed by atoms with E-state index in [-0.39, 0.29) is 6.04 Å². The van der Waals surface area contributed by atoms with Gasteiger partial charge in [-0.25, -0.2) is 0 Å². The molecule has 0 spiro atoms. The first kappa shape index (κ1) is 12.4. The largest absolute Gasteiger partial charge is 0.493 e. The number of fused-ring (bicyclic) bond motifs is 1. The van der Waals surface area contributed by atoms with Crippen molar-refractivity contribution >= 4 is 21.9 Å². The molecule has 1 aromatic rings. The number of nitrogens with one attached hydrogen (secondary N) is 1. The summed E-state index contributed by atoms with van der Waals surface area (Å²) in [6.07, 6.45) is 0.779. The summed E-state index contributed by atoms with van der Waals surface area (Å²) >= 11 is 3.41. The number of rotatable bonds is 3. The first-order valence-electron chi connectivity index (χ1n) is 5.49. The number of benzene rings is 1. The molecule has 2 rings (SSSR count).